The van der Waals surface area contributed by atoms with Gasteiger partial charge in [0.2, 0.25) is 11.8 Å². The van der Waals surface area contributed by atoms with E-state index in [9.17, 15) is 9.59 Å². The Labute approximate surface area is 125 Å². The Morgan fingerprint density at radius 2 is 1.62 bits per heavy atom. The predicted molar refractivity (Wildman–Crippen MR) is 83.1 cm³/mol. The van der Waals surface area contributed by atoms with Gasteiger partial charge in [0.1, 0.15) is 0 Å². The van der Waals surface area contributed by atoms with Crippen LogP contribution in [0, 0.1) is 11.3 Å². The van der Waals surface area contributed by atoms with Crippen LogP contribution in [0.2, 0.25) is 0 Å². The maximum absolute atomic E-state index is 11.4. The van der Waals surface area contributed by atoms with E-state index in [1.165, 1.54) is 6.07 Å². The van der Waals surface area contributed by atoms with Crippen LogP contribution in [0.3, 0.4) is 0 Å². The molecule has 1 saturated carbocycles. The Balaban J connectivity index is 2.27. The maximum Gasteiger partial charge on any atom is 0.248 e. The third kappa shape index (κ3) is 3.54. The second-order valence-electron chi connectivity index (χ2n) is 6.83. The summed E-state index contributed by atoms with van der Waals surface area (Å²) < 4.78 is 0. The van der Waals surface area contributed by atoms with E-state index in [4.69, 9.17) is 11.5 Å². The second-order valence-corrected chi connectivity index (χ2v) is 6.83. The van der Waals surface area contributed by atoms with Gasteiger partial charge >= 0.3 is 0 Å². The van der Waals surface area contributed by atoms with Gasteiger partial charge in [-0.3, -0.25) is 9.59 Å². The number of hydrogen-bond acceptors (Lipinski definition) is 3. The van der Waals surface area contributed by atoms with Crippen molar-refractivity contribution in [2.75, 3.05) is 5.32 Å². The SMILES string of the molecule is CC1CC(C)(C)CC1Nc1cc(C(N)=O)cc(C(N)=O)c1. The van der Waals surface area contributed by atoms with Gasteiger partial charge in [-0.15, -0.1) is 0 Å². The van der Waals surface area contributed by atoms with Crippen molar-refractivity contribution in [2.45, 2.75) is 39.7 Å². The van der Waals surface area contributed by atoms with Crippen LogP contribution >= 0.6 is 0 Å². The third-order valence-electron chi connectivity index (χ3n) is 4.19. The van der Waals surface area contributed by atoms with E-state index in [1.807, 2.05) is 0 Å². The van der Waals surface area contributed by atoms with Crippen molar-refractivity contribution in [2.24, 2.45) is 22.8 Å². The molecule has 2 rings (SSSR count). The molecule has 2 amide bonds. The van der Waals surface area contributed by atoms with Gasteiger partial charge in [0.15, 0.2) is 0 Å². The van der Waals surface area contributed by atoms with Gasteiger partial charge < -0.3 is 16.8 Å². The van der Waals surface area contributed by atoms with Crippen LogP contribution in [-0.4, -0.2) is 17.9 Å². The fraction of sp³-hybridized carbons (Fsp3) is 0.500. The fourth-order valence-electron chi connectivity index (χ4n) is 3.30. The van der Waals surface area contributed by atoms with Crippen LogP contribution in [0.5, 0.6) is 0 Å². The van der Waals surface area contributed by atoms with Crippen molar-refractivity contribution in [3.05, 3.63) is 29.3 Å². The lowest BCUT2D eigenvalue weighted by Gasteiger charge is -2.20. The van der Waals surface area contributed by atoms with Gasteiger partial charge in [-0.2, -0.15) is 0 Å². The zero-order valence-electron chi connectivity index (χ0n) is 12.8. The lowest BCUT2D eigenvalue weighted by atomic mass is 9.91. The molecule has 0 bridgehead atoms. The van der Waals surface area contributed by atoms with E-state index in [-0.39, 0.29) is 0 Å². The van der Waals surface area contributed by atoms with Gasteiger partial charge in [-0.1, -0.05) is 20.8 Å². The molecule has 1 aromatic rings. The van der Waals surface area contributed by atoms with Crippen molar-refractivity contribution in [1.29, 1.82) is 0 Å². The summed E-state index contributed by atoms with van der Waals surface area (Å²) in [7, 11) is 0. The van der Waals surface area contributed by atoms with Crippen molar-refractivity contribution >= 4 is 17.5 Å². The van der Waals surface area contributed by atoms with E-state index in [0.29, 0.717) is 28.5 Å². The molecule has 2 atom stereocenters. The molecule has 0 spiro atoms. The first-order chi connectivity index (χ1) is 9.68. The summed E-state index contributed by atoms with van der Waals surface area (Å²) in [5, 5.41) is 3.42. The summed E-state index contributed by atoms with van der Waals surface area (Å²) in [6.07, 6.45) is 2.18. The first-order valence-electron chi connectivity index (χ1n) is 7.19. The second kappa shape index (κ2) is 5.39. The molecular formula is C16H23N3O2. The van der Waals surface area contributed by atoms with Crippen LogP contribution in [0.1, 0.15) is 54.3 Å². The number of nitrogens with one attached hydrogen (secondary N) is 1. The van der Waals surface area contributed by atoms with Gasteiger partial charge in [0, 0.05) is 22.9 Å². The van der Waals surface area contributed by atoms with Crippen LogP contribution in [0.25, 0.3) is 0 Å². The number of benzene rings is 1. The fourth-order valence-corrected chi connectivity index (χ4v) is 3.30. The van der Waals surface area contributed by atoms with Crippen LogP contribution in [0.15, 0.2) is 18.2 Å². The minimum atomic E-state index is -0.569. The Kier molecular flexibility index (Phi) is 3.94. The van der Waals surface area contributed by atoms with Gasteiger partial charge in [0.05, 0.1) is 0 Å². The van der Waals surface area contributed by atoms with Crippen LogP contribution < -0.4 is 16.8 Å². The molecule has 1 aromatic carbocycles. The average molecular weight is 289 g/mol. The van der Waals surface area contributed by atoms with E-state index in [1.54, 1.807) is 12.1 Å². The summed E-state index contributed by atoms with van der Waals surface area (Å²) in [6, 6.07) is 5.08. The lowest BCUT2D eigenvalue weighted by molar-refractivity contribution is 0.0999. The largest absolute Gasteiger partial charge is 0.382 e. The minimum absolute atomic E-state index is 0.290. The standard InChI is InChI=1S/C16H23N3O2/c1-9-7-16(2,3)8-13(9)19-12-5-10(14(17)20)4-11(6-12)15(18)21/h4-6,9,13,19H,7-8H2,1-3H3,(H2,17,20)(H2,18,21). The molecule has 5 N–H and O–H groups in total. The molecule has 1 aliphatic rings. The third-order valence-corrected chi connectivity index (χ3v) is 4.19. The Morgan fingerprint density at radius 3 is 2.00 bits per heavy atom. The highest BCUT2D eigenvalue weighted by Crippen LogP contribution is 2.42. The summed E-state index contributed by atoms with van der Waals surface area (Å²) in [4.78, 5) is 22.7. The number of nitrogens with two attached hydrogens (primary N) is 2. The summed E-state index contributed by atoms with van der Waals surface area (Å²) >= 11 is 0. The molecule has 0 radical (unpaired) electrons. The number of anilines is 1. The molecule has 5 heteroatoms. The molecule has 1 fully saturated rings. The highest BCUT2D eigenvalue weighted by atomic mass is 16.1. The Hall–Kier alpha value is -2.04. The van der Waals surface area contributed by atoms with Crippen molar-refractivity contribution in [3.8, 4) is 0 Å². The molecule has 1 aliphatic carbocycles. The van der Waals surface area contributed by atoms with Crippen molar-refractivity contribution in [3.63, 3.8) is 0 Å². The predicted octanol–water partition coefficient (Wildman–Crippen LogP) is 2.12. The van der Waals surface area contributed by atoms with Crippen LogP contribution in [0.4, 0.5) is 5.69 Å². The normalized spacial score (nSPS) is 23.8. The molecule has 0 saturated heterocycles. The molecular weight excluding hydrogens is 266 g/mol. The maximum atomic E-state index is 11.4. The number of amides is 2. The first kappa shape index (κ1) is 15.4. The summed E-state index contributed by atoms with van der Waals surface area (Å²) in [5.74, 6) is -0.615. The van der Waals surface area contributed by atoms with E-state index in [0.717, 1.165) is 18.5 Å². The summed E-state index contributed by atoms with van der Waals surface area (Å²) in [6.45, 7) is 6.71. The van der Waals surface area contributed by atoms with Crippen LogP contribution in [-0.2, 0) is 0 Å². The molecule has 0 aliphatic heterocycles. The molecule has 5 nitrogen and oxygen atoms in total. The zero-order valence-corrected chi connectivity index (χ0v) is 12.8. The number of hydrogen-bond donors (Lipinski definition) is 3. The monoisotopic (exact) mass is 289 g/mol. The molecule has 2 unspecified atom stereocenters. The Morgan fingerprint density at radius 1 is 1.10 bits per heavy atom. The minimum Gasteiger partial charge on any atom is -0.382 e. The highest BCUT2D eigenvalue weighted by molar-refractivity contribution is 5.99. The highest BCUT2D eigenvalue weighted by Gasteiger charge is 2.36. The molecule has 0 aromatic heterocycles. The molecule has 21 heavy (non-hydrogen) atoms. The number of rotatable bonds is 4. The lowest BCUT2D eigenvalue weighted by Crippen LogP contribution is -2.23. The Bertz CT molecular complexity index is 549. The zero-order chi connectivity index (χ0) is 15.8. The van der Waals surface area contributed by atoms with E-state index in [2.05, 4.69) is 26.1 Å². The quantitative estimate of drug-likeness (QED) is 0.791. The summed E-state index contributed by atoms with van der Waals surface area (Å²) in [5.41, 5.74) is 12.2. The number of carbonyl (C=O) groups is 2. The number of carbonyl (C=O) groups excluding carboxylic acids is 2. The van der Waals surface area contributed by atoms with Crippen molar-refractivity contribution < 1.29 is 9.59 Å². The first-order valence-corrected chi connectivity index (χ1v) is 7.19. The number of primary amides is 2. The van der Waals surface area contributed by atoms with E-state index >= 15 is 0 Å². The van der Waals surface area contributed by atoms with E-state index < -0.39 is 11.8 Å². The van der Waals surface area contributed by atoms with Gasteiger partial charge in [-0.25, -0.2) is 0 Å². The van der Waals surface area contributed by atoms with Crippen molar-refractivity contribution in [1.82, 2.24) is 0 Å². The average Bonchev–Trinajstić information content (AvgIpc) is 2.61. The molecule has 0 heterocycles. The molecule has 114 valence electrons. The van der Waals surface area contributed by atoms with Gasteiger partial charge in [-0.05, 0) is 42.4 Å². The smallest absolute Gasteiger partial charge is 0.248 e. The topological polar surface area (TPSA) is 98.2 Å². The van der Waals surface area contributed by atoms with Gasteiger partial charge in [0.25, 0.3) is 0 Å².